The molecule has 1 aromatic heterocycles. The van der Waals surface area contributed by atoms with E-state index in [9.17, 15) is 4.39 Å². The van der Waals surface area contributed by atoms with Gasteiger partial charge in [0.1, 0.15) is 5.82 Å². The summed E-state index contributed by atoms with van der Waals surface area (Å²) in [6.45, 7) is 0. The van der Waals surface area contributed by atoms with E-state index in [4.69, 9.17) is 5.73 Å². The summed E-state index contributed by atoms with van der Waals surface area (Å²) in [5, 5.41) is 0.580. The number of nitrogen functional groups attached to an aromatic ring is 1. The van der Waals surface area contributed by atoms with E-state index in [0.29, 0.717) is 11.0 Å². The Morgan fingerprint density at radius 2 is 2.06 bits per heavy atom. The van der Waals surface area contributed by atoms with Crippen LogP contribution in [-0.4, -0.2) is 4.98 Å². The lowest BCUT2D eigenvalue weighted by atomic mass is 10.0. The first-order valence-corrected chi connectivity index (χ1v) is 7.08. The molecule has 0 saturated heterocycles. The molecule has 0 aliphatic heterocycles. The summed E-state index contributed by atoms with van der Waals surface area (Å²) in [5.74, 6) is 0.328. The van der Waals surface area contributed by atoms with E-state index in [0.717, 1.165) is 11.3 Å². The fraction of sp³-hybridized carbons (Fsp3) is 0.357. The average Bonchev–Trinajstić information content (AvgIpc) is 2.97. The third-order valence-corrected chi connectivity index (χ3v) is 4.54. The van der Waals surface area contributed by atoms with Crippen molar-refractivity contribution in [2.75, 3.05) is 5.73 Å². The SMILES string of the molecule is Nc1nc(-c2cccc(F)c2)c(C2CCCC2)s1. The number of hydrogen-bond acceptors (Lipinski definition) is 3. The first kappa shape index (κ1) is 11.7. The highest BCUT2D eigenvalue weighted by Crippen LogP contribution is 2.42. The molecule has 94 valence electrons. The summed E-state index contributed by atoms with van der Waals surface area (Å²) in [5.41, 5.74) is 7.55. The van der Waals surface area contributed by atoms with Gasteiger partial charge in [-0.1, -0.05) is 25.0 Å². The van der Waals surface area contributed by atoms with Gasteiger partial charge in [-0.25, -0.2) is 9.37 Å². The van der Waals surface area contributed by atoms with Crippen LogP contribution in [0.2, 0.25) is 0 Å². The predicted molar refractivity (Wildman–Crippen MR) is 73.1 cm³/mol. The molecule has 0 radical (unpaired) electrons. The fourth-order valence-corrected chi connectivity index (χ4v) is 3.68. The summed E-state index contributed by atoms with van der Waals surface area (Å²) < 4.78 is 13.3. The van der Waals surface area contributed by atoms with Gasteiger partial charge < -0.3 is 5.73 Å². The van der Waals surface area contributed by atoms with Crippen molar-refractivity contribution in [3.63, 3.8) is 0 Å². The van der Waals surface area contributed by atoms with Crippen molar-refractivity contribution in [2.24, 2.45) is 0 Å². The molecule has 1 aromatic carbocycles. The van der Waals surface area contributed by atoms with Crippen molar-refractivity contribution >= 4 is 16.5 Å². The number of hydrogen-bond donors (Lipinski definition) is 1. The molecule has 0 unspecified atom stereocenters. The second-order valence-corrected chi connectivity index (χ2v) is 5.82. The first-order valence-electron chi connectivity index (χ1n) is 6.26. The molecule has 4 heteroatoms. The maximum Gasteiger partial charge on any atom is 0.180 e. The minimum atomic E-state index is -0.226. The summed E-state index contributed by atoms with van der Waals surface area (Å²) in [7, 11) is 0. The highest BCUT2D eigenvalue weighted by atomic mass is 32.1. The van der Waals surface area contributed by atoms with Gasteiger partial charge in [0.05, 0.1) is 5.69 Å². The lowest BCUT2D eigenvalue weighted by Crippen LogP contribution is -1.92. The quantitative estimate of drug-likeness (QED) is 0.881. The minimum Gasteiger partial charge on any atom is -0.375 e. The number of nitrogens with zero attached hydrogens (tertiary/aromatic N) is 1. The molecule has 1 saturated carbocycles. The van der Waals surface area contributed by atoms with Gasteiger partial charge in [0.25, 0.3) is 0 Å². The van der Waals surface area contributed by atoms with Gasteiger partial charge in [-0.05, 0) is 30.9 Å². The molecular formula is C14H15FN2S. The van der Waals surface area contributed by atoms with Gasteiger partial charge >= 0.3 is 0 Å². The van der Waals surface area contributed by atoms with Crippen LogP contribution < -0.4 is 5.73 Å². The molecule has 1 fully saturated rings. The van der Waals surface area contributed by atoms with E-state index in [1.54, 1.807) is 17.4 Å². The van der Waals surface area contributed by atoms with Gasteiger partial charge in [0.15, 0.2) is 5.13 Å². The fourth-order valence-electron chi connectivity index (χ4n) is 2.66. The standard InChI is InChI=1S/C14H15FN2S/c15-11-7-3-6-10(8-11)12-13(18-14(16)17-12)9-4-1-2-5-9/h3,6-9H,1-2,4-5H2,(H2,16,17). The third-order valence-electron chi connectivity index (χ3n) is 3.49. The average molecular weight is 262 g/mol. The molecule has 0 amide bonds. The second-order valence-electron chi connectivity index (χ2n) is 4.76. The van der Waals surface area contributed by atoms with Gasteiger partial charge in [-0.15, -0.1) is 11.3 Å². The molecule has 0 spiro atoms. The highest BCUT2D eigenvalue weighted by Gasteiger charge is 2.24. The Kier molecular flexibility index (Phi) is 3.04. The van der Waals surface area contributed by atoms with E-state index < -0.39 is 0 Å². The zero-order valence-electron chi connectivity index (χ0n) is 10.0. The molecule has 2 N–H and O–H groups in total. The lowest BCUT2D eigenvalue weighted by molar-refractivity contribution is 0.628. The molecule has 1 aliphatic rings. The number of benzene rings is 1. The van der Waals surface area contributed by atoms with Crippen LogP contribution in [0.15, 0.2) is 24.3 Å². The van der Waals surface area contributed by atoms with Gasteiger partial charge in [0, 0.05) is 10.4 Å². The number of aromatic nitrogens is 1. The molecule has 2 aromatic rings. The van der Waals surface area contributed by atoms with E-state index in [-0.39, 0.29) is 5.82 Å². The maximum atomic E-state index is 13.3. The van der Waals surface area contributed by atoms with Crippen LogP contribution in [0, 0.1) is 5.82 Å². The summed E-state index contributed by atoms with van der Waals surface area (Å²) >= 11 is 1.56. The summed E-state index contributed by atoms with van der Waals surface area (Å²) in [4.78, 5) is 5.63. The highest BCUT2D eigenvalue weighted by molar-refractivity contribution is 7.15. The summed E-state index contributed by atoms with van der Waals surface area (Å²) in [6, 6.07) is 6.61. The number of nitrogens with two attached hydrogens (primary N) is 1. The van der Waals surface area contributed by atoms with Crippen LogP contribution in [0.5, 0.6) is 0 Å². The maximum absolute atomic E-state index is 13.3. The Balaban J connectivity index is 2.05. The van der Waals surface area contributed by atoms with Gasteiger partial charge in [0.2, 0.25) is 0 Å². The largest absolute Gasteiger partial charge is 0.375 e. The van der Waals surface area contributed by atoms with Gasteiger partial charge in [-0.2, -0.15) is 0 Å². The smallest absolute Gasteiger partial charge is 0.180 e. The topological polar surface area (TPSA) is 38.9 Å². The van der Waals surface area contributed by atoms with Crippen molar-refractivity contribution in [3.05, 3.63) is 35.0 Å². The Bertz CT molecular complexity index is 559. The zero-order chi connectivity index (χ0) is 12.5. The van der Waals surface area contributed by atoms with Crippen LogP contribution in [0.1, 0.15) is 36.5 Å². The molecule has 18 heavy (non-hydrogen) atoms. The van der Waals surface area contributed by atoms with Crippen molar-refractivity contribution < 1.29 is 4.39 Å². The normalized spacial score (nSPS) is 16.3. The van der Waals surface area contributed by atoms with E-state index >= 15 is 0 Å². The minimum absolute atomic E-state index is 0.226. The first-order chi connectivity index (χ1) is 8.74. The molecule has 3 rings (SSSR count). The molecular weight excluding hydrogens is 247 g/mol. The predicted octanol–water partition coefficient (Wildman–Crippen LogP) is 4.19. The van der Waals surface area contributed by atoms with E-state index in [1.165, 1.54) is 42.7 Å². The Labute approximate surface area is 110 Å². The van der Waals surface area contributed by atoms with Crippen molar-refractivity contribution in [1.82, 2.24) is 4.98 Å². The molecule has 0 atom stereocenters. The number of halogens is 1. The third kappa shape index (κ3) is 2.12. The van der Waals surface area contributed by atoms with E-state index in [2.05, 4.69) is 4.98 Å². The Morgan fingerprint density at radius 3 is 2.78 bits per heavy atom. The van der Waals surface area contributed by atoms with Crippen molar-refractivity contribution in [2.45, 2.75) is 31.6 Å². The van der Waals surface area contributed by atoms with Crippen LogP contribution >= 0.6 is 11.3 Å². The summed E-state index contributed by atoms with van der Waals surface area (Å²) in [6.07, 6.45) is 4.93. The van der Waals surface area contributed by atoms with Crippen molar-refractivity contribution in [1.29, 1.82) is 0 Å². The monoisotopic (exact) mass is 262 g/mol. The lowest BCUT2D eigenvalue weighted by Gasteiger charge is -2.08. The second kappa shape index (κ2) is 4.69. The van der Waals surface area contributed by atoms with Crippen LogP contribution in [0.3, 0.4) is 0 Å². The molecule has 0 bridgehead atoms. The van der Waals surface area contributed by atoms with Crippen LogP contribution in [0.4, 0.5) is 9.52 Å². The number of rotatable bonds is 2. The zero-order valence-corrected chi connectivity index (χ0v) is 10.8. The number of anilines is 1. The molecule has 2 nitrogen and oxygen atoms in total. The van der Waals surface area contributed by atoms with Gasteiger partial charge in [-0.3, -0.25) is 0 Å². The Hall–Kier alpha value is -1.42. The Morgan fingerprint density at radius 1 is 1.28 bits per heavy atom. The van der Waals surface area contributed by atoms with Crippen LogP contribution in [-0.2, 0) is 0 Å². The molecule has 1 aliphatic carbocycles. The molecule has 1 heterocycles. The van der Waals surface area contributed by atoms with E-state index in [1.807, 2.05) is 6.07 Å². The van der Waals surface area contributed by atoms with Crippen LogP contribution in [0.25, 0.3) is 11.3 Å². The van der Waals surface area contributed by atoms with Crippen molar-refractivity contribution in [3.8, 4) is 11.3 Å². The number of thiazole rings is 1.